The lowest BCUT2D eigenvalue weighted by Gasteiger charge is -2.03. The molecule has 0 unspecified atom stereocenters. The fourth-order valence-electron chi connectivity index (χ4n) is 1.81. The molecule has 1 amide bonds. The number of halogens is 2. The maximum Gasteiger partial charge on any atom is 0.247 e. The van der Waals surface area contributed by atoms with Gasteiger partial charge in [-0.3, -0.25) is 9.59 Å². The van der Waals surface area contributed by atoms with Crippen LogP contribution in [0.15, 0.2) is 61.2 Å². The van der Waals surface area contributed by atoms with Crippen molar-refractivity contribution in [1.29, 1.82) is 0 Å². The number of rotatable bonds is 5. The van der Waals surface area contributed by atoms with Crippen molar-refractivity contribution >= 4 is 46.7 Å². The minimum Gasteiger partial charge on any atom is -0.323 e. The average molecular weight is 346 g/mol. The van der Waals surface area contributed by atoms with Crippen LogP contribution in [0.2, 0.25) is 10.0 Å². The molecule has 0 spiro atoms. The van der Waals surface area contributed by atoms with E-state index in [2.05, 4.69) is 11.9 Å². The summed E-state index contributed by atoms with van der Waals surface area (Å²) in [6, 6.07) is 11.6. The second-order valence-electron chi connectivity index (χ2n) is 4.63. The number of benzene rings is 2. The molecule has 0 aromatic heterocycles. The van der Waals surface area contributed by atoms with E-state index in [1.54, 1.807) is 48.5 Å². The van der Waals surface area contributed by atoms with E-state index in [0.29, 0.717) is 26.9 Å². The molecule has 0 saturated heterocycles. The predicted molar refractivity (Wildman–Crippen MR) is 95.1 cm³/mol. The Labute approximate surface area is 144 Å². The molecule has 0 bridgehead atoms. The van der Waals surface area contributed by atoms with Gasteiger partial charge >= 0.3 is 0 Å². The Morgan fingerprint density at radius 3 is 2.35 bits per heavy atom. The number of amides is 1. The smallest absolute Gasteiger partial charge is 0.247 e. The first-order valence-corrected chi connectivity index (χ1v) is 7.46. The summed E-state index contributed by atoms with van der Waals surface area (Å²) in [5.74, 6) is -0.473. The number of anilines is 1. The first kappa shape index (κ1) is 17.0. The summed E-state index contributed by atoms with van der Waals surface area (Å²) >= 11 is 11.9. The van der Waals surface area contributed by atoms with Gasteiger partial charge in [0.15, 0.2) is 5.78 Å². The van der Waals surface area contributed by atoms with E-state index in [-0.39, 0.29) is 11.7 Å². The van der Waals surface area contributed by atoms with E-state index in [1.807, 2.05) is 0 Å². The minimum absolute atomic E-state index is 0.169. The van der Waals surface area contributed by atoms with Gasteiger partial charge in [0, 0.05) is 21.3 Å². The minimum atomic E-state index is -0.304. The Balaban J connectivity index is 2.09. The van der Waals surface area contributed by atoms with E-state index < -0.39 is 0 Å². The van der Waals surface area contributed by atoms with Crippen LogP contribution in [0, 0.1) is 0 Å². The zero-order valence-corrected chi connectivity index (χ0v) is 13.6. The molecule has 0 aliphatic heterocycles. The third-order valence-electron chi connectivity index (χ3n) is 3.00. The van der Waals surface area contributed by atoms with Crippen LogP contribution >= 0.6 is 23.2 Å². The largest absolute Gasteiger partial charge is 0.323 e. The number of nitrogens with one attached hydrogen (secondary N) is 1. The van der Waals surface area contributed by atoms with Gasteiger partial charge in [-0.2, -0.15) is 0 Å². The highest BCUT2D eigenvalue weighted by Gasteiger charge is 2.04. The quantitative estimate of drug-likeness (QED) is 0.611. The van der Waals surface area contributed by atoms with Gasteiger partial charge in [-0.05, 0) is 60.2 Å². The second-order valence-corrected chi connectivity index (χ2v) is 5.48. The number of allylic oxidation sites excluding steroid dienone is 1. The Kier molecular flexibility index (Phi) is 5.74. The topological polar surface area (TPSA) is 46.2 Å². The van der Waals surface area contributed by atoms with Crippen molar-refractivity contribution in [3.63, 3.8) is 0 Å². The highest BCUT2D eigenvalue weighted by atomic mass is 35.5. The van der Waals surface area contributed by atoms with Gasteiger partial charge < -0.3 is 5.32 Å². The molecule has 0 radical (unpaired) electrons. The van der Waals surface area contributed by atoms with Crippen LogP contribution in [0.4, 0.5) is 5.69 Å². The maximum absolute atomic E-state index is 12.1. The highest BCUT2D eigenvalue weighted by Crippen LogP contribution is 2.22. The lowest BCUT2D eigenvalue weighted by molar-refractivity contribution is -0.111. The van der Waals surface area contributed by atoms with Gasteiger partial charge in [0.05, 0.1) is 0 Å². The number of ketones is 1. The summed E-state index contributed by atoms with van der Waals surface area (Å²) in [6.07, 6.45) is 4.25. The summed E-state index contributed by atoms with van der Waals surface area (Å²) in [6.45, 7) is 3.37. The van der Waals surface area contributed by atoms with Crippen molar-refractivity contribution in [2.45, 2.75) is 0 Å². The van der Waals surface area contributed by atoms with Gasteiger partial charge in [-0.1, -0.05) is 35.8 Å². The lowest BCUT2D eigenvalue weighted by atomic mass is 10.1. The van der Waals surface area contributed by atoms with Crippen LogP contribution in [-0.4, -0.2) is 11.7 Å². The van der Waals surface area contributed by atoms with Crippen LogP contribution in [0.25, 0.3) is 6.08 Å². The molecule has 2 aromatic carbocycles. The Bertz CT molecular complexity index is 780. The van der Waals surface area contributed by atoms with E-state index >= 15 is 0 Å². The summed E-state index contributed by atoms with van der Waals surface area (Å²) in [4.78, 5) is 23.3. The zero-order chi connectivity index (χ0) is 16.8. The third-order valence-corrected chi connectivity index (χ3v) is 3.56. The van der Waals surface area contributed by atoms with Gasteiger partial charge in [-0.25, -0.2) is 0 Å². The molecule has 0 aliphatic carbocycles. The molecular weight excluding hydrogens is 333 g/mol. The standard InChI is InChI=1S/C18H13Cl2NO2/c1-2-18(23)21-15-8-4-13(5-9-15)17(22)10-6-12-3-7-14(19)11-16(12)20/h2-11H,1H2,(H,21,23). The summed E-state index contributed by atoms with van der Waals surface area (Å²) in [5.41, 5.74) is 1.80. The van der Waals surface area contributed by atoms with Crippen LogP contribution < -0.4 is 5.32 Å². The Morgan fingerprint density at radius 2 is 1.74 bits per heavy atom. The normalized spacial score (nSPS) is 10.5. The molecule has 2 rings (SSSR count). The van der Waals surface area contributed by atoms with Gasteiger partial charge in [0.1, 0.15) is 0 Å². The third kappa shape index (κ3) is 4.81. The summed E-state index contributed by atoms with van der Waals surface area (Å²) < 4.78 is 0. The van der Waals surface area contributed by atoms with Crippen molar-refractivity contribution < 1.29 is 9.59 Å². The molecule has 0 aliphatic rings. The van der Waals surface area contributed by atoms with E-state index in [1.165, 1.54) is 12.2 Å². The van der Waals surface area contributed by atoms with E-state index in [9.17, 15) is 9.59 Å². The fourth-order valence-corrected chi connectivity index (χ4v) is 2.28. The highest BCUT2D eigenvalue weighted by molar-refractivity contribution is 6.35. The maximum atomic E-state index is 12.1. The molecule has 0 atom stereocenters. The lowest BCUT2D eigenvalue weighted by Crippen LogP contribution is -2.07. The SMILES string of the molecule is C=CC(=O)Nc1ccc(C(=O)C=Cc2ccc(Cl)cc2Cl)cc1. The van der Waals surface area contributed by atoms with Crippen LogP contribution in [-0.2, 0) is 4.79 Å². The zero-order valence-electron chi connectivity index (χ0n) is 12.1. The van der Waals surface area contributed by atoms with Crippen molar-refractivity contribution in [2.24, 2.45) is 0 Å². The van der Waals surface area contributed by atoms with Crippen molar-refractivity contribution in [1.82, 2.24) is 0 Å². The number of carbonyl (C=O) groups is 2. The average Bonchev–Trinajstić information content (AvgIpc) is 2.54. The molecule has 116 valence electrons. The number of hydrogen-bond donors (Lipinski definition) is 1. The van der Waals surface area contributed by atoms with E-state index in [4.69, 9.17) is 23.2 Å². The molecule has 2 aromatic rings. The monoisotopic (exact) mass is 345 g/mol. The Hall–Kier alpha value is -2.36. The molecule has 23 heavy (non-hydrogen) atoms. The van der Waals surface area contributed by atoms with Crippen LogP contribution in [0.5, 0.6) is 0 Å². The second kappa shape index (κ2) is 7.77. The fraction of sp³-hybridized carbons (Fsp3) is 0. The molecule has 0 fully saturated rings. The molecule has 0 heterocycles. The number of carbonyl (C=O) groups excluding carboxylic acids is 2. The number of hydrogen-bond acceptors (Lipinski definition) is 2. The molecule has 5 heteroatoms. The predicted octanol–water partition coefficient (Wildman–Crippen LogP) is 5.01. The molecule has 0 saturated carbocycles. The van der Waals surface area contributed by atoms with Crippen LogP contribution in [0.3, 0.4) is 0 Å². The Morgan fingerprint density at radius 1 is 1.04 bits per heavy atom. The van der Waals surface area contributed by atoms with Crippen molar-refractivity contribution in [2.75, 3.05) is 5.32 Å². The first-order chi connectivity index (χ1) is 11.0. The summed E-state index contributed by atoms with van der Waals surface area (Å²) in [5, 5.41) is 3.63. The van der Waals surface area contributed by atoms with Gasteiger partial charge in [0.25, 0.3) is 0 Å². The van der Waals surface area contributed by atoms with E-state index in [0.717, 1.165) is 0 Å². The van der Waals surface area contributed by atoms with Gasteiger partial charge in [0.2, 0.25) is 5.91 Å². The van der Waals surface area contributed by atoms with Crippen LogP contribution in [0.1, 0.15) is 15.9 Å². The first-order valence-electron chi connectivity index (χ1n) is 6.70. The van der Waals surface area contributed by atoms with Crippen molar-refractivity contribution in [3.05, 3.63) is 82.4 Å². The molecular formula is C18H13Cl2NO2. The van der Waals surface area contributed by atoms with Crippen molar-refractivity contribution in [3.8, 4) is 0 Å². The molecule has 3 nitrogen and oxygen atoms in total. The van der Waals surface area contributed by atoms with Gasteiger partial charge in [-0.15, -0.1) is 0 Å². The molecule has 1 N–H and O–H groups in total. The summed E-state index contributed by atoms with van der Waals surface area (Å²) in [7, 11) is 0.